The lowest BCUT2D eigenvalue weighted by Crippen LogP contribution is -1.90. The van der Waals surface area contributed by atoms with Crippen LogP contribution in [0.3, 0.4) is 0 Å². The number of hydrogen-bond acceptors (Lipinski definition) is 5. The average Bonchev–Trinajstić information content (AvgIpc) is 2.95. The molecule has 0 N–H and O–H groups in total. The van der Waals surface area contributed by atoms with Crippen molar-refractivity contribution in [2.75, 3.05) is 7.11 Å². The highest BCUT2D eigenvalue weighted by Gasteiger charge is 2.09. The van der Waals surface area contributed by atoms with Crippen molar-refractivity contribution in [2.24, 2.45) is 0 Å². The Morgan fingerprint density at radius 2 is 1.82 bits per heavy atom. The molecule has 3 aromatic rings. The molecule has 0 fully saturated rings. The van der Waals surface area contributed by atoms with Crippen LogP contribution in [0.25, 0.3) is 22.7 Å². The van der Waals surface area contributed by atoms with Gasteiger partial charge in [-0.05, 0) is 38.1 Å². The van der Waals surface area contributed by atoms with Crippen LogP contribution >= 0.6 is 0 Å². The van der Waals surface area contributed by atoms with Gasteiger partial charge in [0.1, 0.15) is 6.61 Å². The summed E-state index contributed by atoms with van der Waals surface area (Å²) in [4.78, 5) is 8.76. The van der Waals surface area contributed by atoms with E-state index in [0.29, 0.717) is 18.3 Å². The first-order valence-electron chi connectivity index (χ1n) is 7.02. The molecular weight excluding hydrogens is 278 g/mol. The van der Waals surface area contributed by atoms with Gasteiger partial charge in [0, 0.05) is 18.9 Å². The van der Waals surface area contributed by atoms with Crippen molar-refractivity contribution in [3.63, 3.8) is 0 Å². The molecular formula is C17H17N3O2. The van der Waals surface area contributed by atoms with Gasteiger partial charge < -0.3 is 9.26 Å². The number of rotatable bonds is 4. The van der Waals surface area contributed by atoms with Gasteiger partial charge in [0.25, 0.3) is 5.89 Å². The van der Waals surface area contributed by atoms with E-state index in [1.54, 1.807) is 13.3 Å². The van der Waals surface area contributed by atoms with Gasteiger partial charge in [0.2, 0.25) is 0 Å². The summed E-state index contributed by atoms with van der Waals surface area (Å²) in [6.07, 6.45) is 1.75. The zero-order chi connectivity index (χ0) is 15.5. The third-order valence-corrected chi connectivity index (χ3v) is 3.27. The number of nitrogens with zero attached hydrogens (tertiary/aromatic N) is 3. The zero-order valence-electron chi connectivity index (χ0n) is 12.8. The molecule has 5 heteroatoms. The van der Waals surface area contributed by atoms with Gasteiger partial charge in [0.05, 0.1) is 11.3 Å². The second-order valence-electron chi connectivity index (χ2n) is 5.26. The lowest BCUT2D eigenvalue weighted by Gasteiger charge is -2.04. The summed E-state index contributed by atoms with van der Waals surface area (Å²) in [6, 6.07) is 10.3. The van der Waals surface area contributed by atoms with Gasteiger partial charge in [0.15, 0.2) is 5.82 Å². The van der Waals surface area contributed by atoms with E-state index in [1.807, 2.05) is 12.1 Å². The molecule has 0 bridgehead atoms. The lowest BCUT2D eigenvalue weighted by molar-refractivity contribution is 0.174. The summed E-state index contributed by atoms with van der Waals surface area (Å²) in [5.74, 6) is 0.974. The van der Waals surface area contributed by atoms with Crippen molar-refractivity contribution < 1.29 is 9.26 Å². The van der Waals surface area contributed by atoms with Crippen LogP contribution in [0.1, 0.15) is 17.0 Å². The highest BCUT2D eigenvalue weighted by Crippen LogP contribution is 2.23. The number of ether oxygens (including phenoxy) is 1. The third kappa shape index (κ3) is 3.04. The number of pyridine rings is 1. The largest absolute Gasteiger partial charge is 0.377 e. The molecule has 0 atom stereocenters. The van der Waals surface area contributed by atoms with Gasteiger partial charge in [-0.1, -0.05) is 22.3 Å². The number of methoxy groups -OCH3 is 1. The average molecular weight is 295 g/mol. The summed E-state index contributed by atoms with van der Waals surface area (Å²) in [5, 5.41) is 3.85. The highest BCUT2D eigenvalue weighted by atomic mass is 16.5. The second kappa shape index (κ2) is 6.07. The van der Waals surface area contributed by atoms with E-state index in [1.165, 1.54) is 11.1 Å². The van der Waals surface area contributed by atoms with Crippen molar-refractivity contribution in [3.8, 4) is 22.7 Å². The van der Waals surface area contributed by atoms with E-state index in [4.69, 9.17) is 9.26 Å². The molecule has 0 unspecified atom stereocenters. The standard InChI is InChI=1S/C17H17N3O2/c1-11-6-12(2)8-14(7-11)15-5-4-13(9-18-15)17-19-16(10-21-3)20-22-17/h4-9H,10H2,1-3H3. The first-order chi connectivity index (χ1) is 10.7. The molecule has 0 aliphatic heterocycles. The second-order valence-corrected chi connectivity index (χ2v) is 5.26. The van der Waals surface area contributed by atoms with Crippen molar-refractivity contribution in [2.45, 2.75) is 20.5 Å². The Labute approximate surface area is 129 Å². The minimum Gasteiger partial charge on any atom is -0.377 e. The molecule has 2 aromatic heterocycles. The molecule has 0 saturated heterocycles. The molecule has 0 radical (unpaired) electrons. The fourth-order valence-corrected chi connectivity index (χ4v) is 2.37. The molecule has 22 heavy (non-hydrogen) atoms. The third-order valence-electron chi connectivity index (χ3n) is 3.27. The van der Waals surface area contributed by atoms with Crippen LogP contribution in [0.4, 0.5) is 0 Å². The number of hydrogen-bond donors (Lipinski definition) is 0. The van der Waals surface area contributed by atoms with Gasteiger partial charge in [-0.15, -0.1) is 0 Å². The van der Waals surface area contributed by atoms with Crippen LogP contribution in [0.2, 0.25) is 0 Å². The monoisotopic (exact) mass is 295 g/mol. The Bertz CT molecular complexity index is 759. The van der Waals surface area contributed by atoms with Crippen LogP contribution < -0.4 is 0 Å². The van der Waals surface area contributed by atoms with E-state index < -0.39 is 0 Å². The normalized spacial score (nSPS) is 10.9. The van der Waals surface area contributed by atoms with E-state index in [0.717, 1.165) is 16.8 Å². The first kappa shape index (κ1) is 14.4. The van der Waals surface area contributed by atoms with E-state index in [2.05, 4.69) is 47.2 Å². The molecule has 5 nitrogen and oxygen atoms in total. The minimum absolute atomic E-state index is 0.331. The van der Waals surface area contributed by atoms with Crippen LogP contribution in [0, 0.1) is 13.8 Å². The van der Waals surface area contributed by atoms with Crippen LogP contribution in [-0.2, 0) is 11.3 Å². The summed E-state index contributed by atoms with van der Waals surface area (Å²) in [6.45, 7) is 4.50. The van der Waals surface area contributed by atoms with E-state index in [9.17, 15) is 0 Å². The summed E-state index contributed by atoms with van der Waals surface area (Å²) < 4.78 is 10.2. The summed E-state index contributed by atoms with van der Waals surface area (Å²) >= 11 is 0. The van der Waals surface area contributed by atoms with Gasteiger partial charge in [-0.3, -0.25) is 4.98 Å². The van der Waals surface area contributed by atoms with Crippen LogP contribution in [0.15, 0.2) is 41.1 Å². The molecule has 3 rings (SSSR count). The highest BCUT2D eigenvalue weighted by molar-refractivity contribution is 5.64. The Morgan fingerprint density at radius 3 is 2.45 bits per heavy atom. The smallest absolute Gasteiger partial charge is 0.259 e. The molecule has 0 aliphatic rings. The number of aromatic nitrogens is 3. The number of aryl methyl sites for hydroxylation is 2. The quantitative estimate of drug-likeness (QED) is 0.736. The van der Waals surface area contributed by atoms with Crippen molar-refractivity contribution >= 4 is 0 Å². The fourth-order valence-electron chi connectivity index (χ4n) is 2.37. The predicted octanol–water partition coefficient (Wildman–Crippen LogP) is 3.56. The Hall–Kier alpha value is -2.53. The SMILES string of the molecule is COCc1noc(-c2ccc(-c3cc(C)cc(C)c3)nc2)n1. The molecule has 112 valence electrons. The molecule has 2 heterocycles. The number of benzene rings is 1. The molecule has 0 saturated carbocycles. The molecule has 0 aliphatic carbocycles. The minimum atomic E-state index is 0.331. The molecule has 0 amide bonds. The zero-order valence-corrected chi connectivity index (χ0v) is 12.8. The topological polar surface area (TPSA) is 61.0 Å². The van der Waals surface area contributed by atoms with Gasteiger partial charge >= 0.3 is 0 Å². The maximum Gasteiger partial charge on any atom is 0.259 e. The lowest BCUT2D eigenvalue weighted by atomic mass is 10.0. The maximum atomic E-state index is 5.21. The Kier molecular flexibility index (Phi) is 3.98. The van der Waals surface area contributed by atoms with Gasteiger partial charge in [-0.2, -0.15) is 4.98 Å². The predicted molar refractivity (Wildman–Crippen MR) is 83.2 cm³/mol. The van der Waals surface area contributed by atoms with Crippen LogP contribution in [-0.4, -0.2) is 22.2 Å². The van der Waals surface area contributed by atoms with E-state index in [-0.39, 0.29) is 0 Å². The van der Waals surface area contributed by atoms with Crippen LogP contribution in [0.5, 0.6) is 0 Å². The van der Waals surface area contributed by atoms with E-state index >= 15 is 0 Å². The first-order valence-corrected chi connectivity index (χ1v) is 7.02. The fraction of sp³-hybridized carbons (Fsp3) is 0.235. The van der Waals surface area contributed by atoms with Crippen molar-refractivity contribution in [1.82, 2.24) is 15.1 Å². The van der Waals surface area contributed by atoms with Crippen molar-refractivity contribution in [1.29, 1.82) is 0 Å². The summed E-state index contributed by atoms with van der Waals surface area (Å²) in [5.41, 5.74) is 5.27. The Balaban J connectivity index is 1.88. The maximum absolute atomic E-state index is 5.21. The van der Waals surface area contributed by atoms with Gasteiger partial charge in [-0.25, -0.2) is 0 Å². The van der Waals surface area contributed by atoms with Crippen molar-refractivity contribution in [3.05, 3.63) is 53.5 Å². The molecule has 1 aromatic carbocycles. The molecule has 0 spiro atoms. The Morgan fingerprint density at radius 1 is 1.05 bits per heavy atom. The summed E-state index contributed by atoms with van der Waals surface area (Å²) in [7, 11) is 1.59.